The van der Waals surface area contributed by atoms with Gasteiger partial charge in [-0.15, -0.1) is 11.3 Å². The van der Waals surface area contributed by atoms with Gasteiger partial charge in [0.2, 0.25) is 0 Å². The summed E-state index contributed by atoms with van der Waals surface area (Å²) in [4.78, 5) is 16.5. The third kappa shape index (κ3) is 3.87. The van der Waals surface area contributed by atoms with Crippen molar-refractivity contribution in [3.8, 4) is 11.8 Å². The van der Waals surface area contributed by atoms with Crippen molar-refractivity contribution >= 4 is 17.2 Å². The van der Waals surface area contributed by atoms with Gasteiger partial charge in [-0.2, -0.15) is 0 Å². The lowest BCUT2D eigenvalue weighted by atomic mass is 10.00. The highest BCUT2D eigenvalue weighted by molar-refractivity contribution is 7.14. The predicted molar refractivity (Wildman–Crippen MR) is 86.6 cm³/mol. The molecule has 1 aromatic rings. The molecule has 1 fully saturated rings. The number of aliphatic hydroxyl groups is 1. The summed E-state index contributed by atoms with van der Waals surface area (Å²) in [6, 6.07) is 2.34. The number of likely N-dealkylation sites (tertiary alicyclic amines) is 1. The van der Waals surface area contributed by atoms with Crippen LogP contribution in [0.2, 0.25) is 0 Å². The second-order valence-corrected chi connectivity index (χ2v) is 6.51. The summed E-state index contributed by atoms with van der Waals surface area (Å²) in [6.07, 6.45) is 4.96. The maximum absolute atomic E-state index is 12.7. The monoisotopic (exact) mass is 305 g/mol. The van der Waals surface area contributed by atoms with Crippen LogP contribution in [0, 0.1) is 18.8 Å². The lowest BCUT2D eigenvalue weighted by Gasteiger charge is -2.35. The first-order chi connectivity index (χ1) is 10.2. The van der Waals surface area contributed by atoms with Crippen LogP contribution in [-0.2, 0) is 0 Å². The second-order valence-electron chi connectivity index (χ2n) is 5.45. The highest BCUT2D eigenvalue weighted by atomic mass is 32.1. The van der Waals surface area contributed by atoms with Gasteiger partial charge in [-0.25, -0.2) is 0 Å². The van der Waals surface area contributed by atoms with Crippen molar-refractivity contribution in [3.63, 3.8) is 0 Å². The average molecular weight is 305 g/mol. The summed E-state index contributed by atoms with van der Waals surface area (Å²) in [7, 11) is 0. The largest absolute Gasteiger partial charge is 0.395 e. The van der Waals surface area contributed by atoms with Gasteiger partial charge in [0.1, 0.15) is 0 Å². The highest BCUT2D eigenvalue weighted by Crippen LogP contribution is 2.26. The Labute approximate surface area is 131 Å². The van der Waals surface area contributed by atoms with Crippen LogP contribution in [0.1, 0.15) is 59.1 Å². The average Bonchev–Trinajstić information content (AvgIpc) is 2.88. The highest BCUT2D eigenvalue weighted by Gasteiger charge is 2.27. The number of amides is 1. The summed E-state index contributed by atoms with van der Waals surface area (Å²) in [5.41, 5.74) is 1.05. The smallest absolute Gasteiger partial charge is 0.264 e. The summed E-state index contributed by atoms with van der Waals surface area (Å²) >= 11 is 1.48. The fourth-order valence-electron chi connectivity index (χ4n) is 2.74. The first kappa shape index (κ1) is 16.1. The molecule has 0 spiro atoms. The number of aliphatic hydroxyl groups excluding tert-OH is 1. The van der Waals surface area contributed by atoms with E-state index in [4.69, 9.17) is 5.11 Å². The predicted octanol–water partition coefficient (Wildman–Crippen LogP) is 3.20. The van der Waals surface area contributed by atoms with Crippen molar-refractivity contribution in [2.24, 2.45) is 0 Å². The van der Waals surface area contributed by atoms with Crippen molar-refractivity contribution in [2.75, 3.05) is 13.2 Å². The number of hydrogen-bond acceptors (Lipinski definition) is 3. The van der Waals surface area contributed by atoms with Crippen LogP contribution in [0.15, 0.2) is 6.07 Å². The first-order valence-corrected chi connectivity index (χ1v) is 8.50. The molecule has 1 aliphatic rings. The van der Waals surface area contributed by atoms with E-state index in [2.05, 4.69) is 18.8 Å². The number of piperidine rings is 1. The molecule has 1 atom stereocenters. The fourth-order valence-corrected chi connectivity index (χ4v) is 3.75. The Balaban J connectivity index is 2.16. The SMILES string of the molecule is CCC1CCCCN1C(=O)c1cc(C)c(C#CCCO)s1. The van der Waals surface area contributed by atoms with E-state index in [1.807, 2.05) is 17.9 Å². The van der Waals surface area contributed by atoms with Gasteiger partial charge in [-0.05, 0) is 44.2 Å². The fraction of sp³-hybridized carbons (Fsp3) is 0.588. The molecule has 2 heterocycles. The normalized spacial score (nSPS) is 18.2. The molecule has 1 saturated heterocycles. The number of carbonyl (C=O) groups excluding carboxylic acids is 1. The van der Waals surface area contributed by atoms with E-state index in [1.54, 1.807) is 0 Å². The van der Waals surface area contributed by atoms with Crippen LogP contribution < -0.4 is 0 Å². The van der Waals surface area contributed by atoms with Crippen molar-refractivity contribution in [2.45, 2.75) is 52.0 Å². The number of rotatable bonds is 3. The third-order valence-electron chi connectivity index (χ3n) is 3.93. The van der Waals surface area contributed by atoms with Crippen LogP contribution in [0.3, 0.4) is 0 Å². The van der Waals surface area contributed by atoms with Gasteiger partial charge < -0.3 is 10.0 Å². The number of hydrogen-bond donors (Lipinski definition) is 1. The summed E-state index contributed by atoms with van der Waals surface area (Å²) < 4.78 is 0. The van der Waals surface area contributed by atoms with E-state index in [0.717, 1.165) is 41.1 Å². The van der Waals surface area contributed by atoms with Crippen LogP contribution in [-0.4, -0.2) is 35.1 Å². The molecule has 0 aliphatic carbocycles. The molecular formula is C17H23NO2S. The number of nitrogens with zero attached hydrogens (tertiary/aromatic N) is 1. The summed E-state index contributed by atoms with van der Waals surface area (Å²) in [5.74, 6) is 6.14. The minimum Gasteiger partial charge on any atom is -0.395 e. The van der Waals surface area contributed by atoms with E-state index >= 15 is 0 Å². The number of thiophene rings is 1. The van der Waals surface area contributed by atoms with Crippen LogP contribution in [0.25, 0.3) is 0 Å². The Morgan fingerprint density at radius 3 is 3.05 bits per heavy atom. The summed E-state index contributed by atoms with van der Waals surface area (Å²) in [5, 5.41) is 8.77. The molecule has 4 heteroatoms. The van der Waals surface area contributed by atoms with Crippen molar-refractivity contribution in [3.05, 3.63) is 21.4 Å². The lowest BCUT2D eigenvalue weighted by Crippen LogP contribution is -2.43. The van der Waals surface area contributed by atoms with E-state index in [1.165, 1.54) is 17.8 Å². The first-order valence-electron chi connectivity index (χ1n) is 7.68. The molecule has 0 bridgehead atoms. The van der Waals surface area contributed by atoms with Crippen LogP contribution in [0.5, 0.6) is 0 Å². The summed E-state index contributed by atoms with van der Waals surface area (Å²) in [6.45, 7) is 5.10. The van der Waals surface area contributed by atoms with Crippen molar-refractivity contribution in [1.82, 2.24) is 4.90 Å². The van der Waals surface area contributed by atoms with Crippen LogP contribution >= 0.6 is 11.3 Å². The standard InChI is InChI=1S/C17H23NO2S/c1-3-14-8-4-6-10-18(14)17(20)16-12-13(2)15(21-16)9-5-7-11-19/h12,14,19H,3-4,6-8,10-11H2,1-2H3. The molecule has 1 aliphatic heterocycles. The third-order valence-corrected chi connectivity index (χ3v) is 5.07. The second kappa shape index (κ2) is 7.63. The molecule has 1 unspecified atom stereocenters. The van der Waals surface area contributed by atoms with E-state index in [0.29, 0.717) is 12.5 Å². The topological polar surface area (TPSA) is 40.5 Å². The van der Waals surface area contributed by atoms with Gasteiger partial charge in [-0.1, -0.05) is 18.8 Å². The minimum absolute atomic E-state index is 0.0785. The quantitative estimate of drug-likeness (QED) is 0.871. The minimum atomic E-state index is 0.0785. The Morgan fingerprint density at radius 1 is 1.52 bits per heavy atom. The van der Waals surface area contributed by atoms with E-state index in [-0.39, 0.29) is 12.5 Å². The van der Waals surface area contributed by atoms with Gasteiger partial charge >= 0.3 is 0 Å². The number of carbonyl (C=O) groups is 1. The Hall–Kier alpha value is -1.31. The zero-order valence-electron chi connectivity index (χ0n) is 12.8. The Morgan fingerprint density at radius 2 is 2.33 bits per heavy atom. The lowest BCUT2D eigenvalue weighted by molar-refractivity contribution is 0.0613. The van der Waals surface area contributed by atoms with Crippen LogP contribution in [0.4, 0.5) is 0 Å². The van der Waals surface area contributed by atoms with Gasteiger partial charge in [-0.3, -0.25) is 4.79 Å². The van der Waals surface area contributed by atoms with E-state index < -0.39 is 0 Å². The molecule has 0 aromatic carbocycles. The zero-order chi connectivity index (χ0) is 15.2. The van der Waals surface area contributed by atoms with Crippen molar-refractivity contribution in [1.29, 1.82) is 0 Å². The van der Waals surface area contributed by atoms with Gasteiger partial charge in [0.05, 0.1) is 16.4 Å². The number of aryl methyl sites for hydroxylation is 1. The molecule has 1 amide bonds. The molecule has 2 rings (SSSR count). The maximum atomic E-state index is 12.7. The van der Waals surface area contributed by atoms with Gasteiger partial charge in [0.15, 0.2) is 0 Å². The molecule has 3 nitrogen and oxygen atoms in total. The van der Waals surface area contributed by atoms with Gasteiger partial charge in [0, 0.05) is 19.0 Å². The molecular weight excluding hydrogens is 282 g/mol. The van der Waals surface area contributed by atoms with E-state index in [9.17, 15) is 4.79 Å². The zero-order valence-corrected chi connectivity index (χ0v) is 13.6. The van der Waals surface area contributed by atoms with Crippen molar-refractivity contribution < 1.29 is 9.90 Å². The molecule has 0 saturated carbocycles. The Kier molecular flexibility index (Phi) is 5.84. The molecule has 1 N–H and O–H groups in total. The molecule has 0 radical (unpaired) electrons. The maximum Gasteiger partial charge on any atom is 0.264 e. The Bertz CT molecular complexity index is 553. The molecule has 21 heavy (non-hydrogen) atoms. The molecule has 1 aromatic heterocycles. The molecule has 114 valence electrons. The van der Waals surface area contributed by atoms with Gasteiger partial charge in [0.25, 0.3) is 5.91 Å².